The summed E-state index contributed by atoms with van der Waals surface area (Å²) < 4.78 is 5.43. The summed E-state index contributed by atoms with van der Waals surface area (Å²) in [6.07, 6.45) is -0.124. The van der Waals surface area contributed by atoms with Crippen molar-refractivity contribution >= 4 is 16.7 Å². The van der Waals surface area contributed by atoms with Crippen LogP contribution >= 0.6 is 0 Å². The zero-order chi connectivity index (χ0) is 13.9. The fourth-order valence-corrected chi connectivity index (χ4v) is 2.46. The molecule has 2 heterocycles. The minimum absolute atomic E-state index is 0.0389. The highest BCUT2D eigenvalue weighted by molar-refractivity contribution is 5.87. The monoisotopic (exact) mass is 274 g/mol. The molecule has 106 valence electrons. The fourth-order valence-electron chi connectivity index (χ4n) is 2.46. The van der Waals surface area contributed by atoms with Crippen LogP contribution in [0.25, 0.3) is 10.9 Å². The molecule has 1 aliphatic rings. The molecular weight excluding hydrogens is 256 g/mol. The first-order chi connectivity index (χ1) is 9.76. The van der Waals surface area contributed by atoms with Crippen molar-refractivity contribution in [3.8, 4) is 0 Å². The quantitative estimate of drug-likeness (QED) is 0.843. The van der Waals surface area contributed by atoms with Gasteiger partial charge in [0.2, 0.25) is 0 Å². The van der Waals surface area contributed by atoms with E-state index in [9.17, 15) is 0 Å². The Morgan fingerprint density at radius 3 is 3.05 bits per heavy atom. The molecule has 6 heteroatoms. The smallest absolute Gasteiger partial charge is 0.145 e. The highest BCUT2D eigenvalue weighted by Gasteiger charge is 2.20. The number of nitrogen functional groups attached to an aromatic ring is 1. The van der Waals surface area contributed by atoms with Gasteiger partial charge in [-0.25, -0.2) is 9.97 Å². The fraction of sp³-hybridized carbons (Fsp3) is 0.429. The standard InChI is InChI=1S/C14H18N4O2/c15-14-11-3-1-2-4-12(11)16-13(17-14)8-18-5-6-20-10(7-18)9-19/h1-4,10,19H,5-9H2,(H2,15,16,17). The van der Waals surface area contributed by atoms with Crippen molar-refractivity contribution in [1.29, 1.82) is 0 Å². The summed E-state index contributed by atoms with van der Waals surface area (Å²) in [7, 11) is 0. The Kier molecular flexibility index (Phi) is 3.77. The minimum Gasteiger partial charge on any atom is -0.394 e. The Balaban J connectivity index is 1.80. The molecule has 20 heavy (non-hydrogen) atoms. The van der Waals surface area contributed by atoms with Crippen molar-refractivity contribution in [2.75, 3.05) is 32.0 Å². The van der Waals surface area contributed by atoms with Gasteiger partial charge < -0.3 is 15.6 Å². The molecule has 0 amide bonds. The van der Waals surface area contributed by atoms with Crippen molar-refractivity contribution in [2.24, 2.45) is 0 Å². The van der Waals surface area contributed by atoms with Crippen molar-refractivity contribution < 1.29 is 9.84 Å². The van der Waals surface area contributed by atoms with Crippen LogP contribution in [0.15, 0.2) is 24.3 Å². The normalized spacial score (nSPS) is 20.4. The van der Waals surface area contributed by atoms with Gasteiger partial charge in [-0.05, 0) is 12.1 Å². The molecule has 3 N–H and O–H groups in total. The van der Waals surface area contributed by atoms with Crippen LogP contribution in [0, 0.1) is 0 Å². The molecule has 2 aromatic rings. The highest BCUT2D eigenvalue weighted by atomic mass is 16.5. The minimum atomic E-state index is -0.124. The van der Waals surface area contributed by atoms with Gasteiger partial charge in [-0.3, -0.25) is 4.90 Å². The Bertz CT molecular complexity index is 605. The van der Waals surface area contributed by atoms with Crippen LogP contribution in [0.5, 0.6) is 0 Å². The summed E-state index contributed by atoms with van der Waals surface area (Å²) in [6.45, 7) is 2.78. The highest BCUT2D eigenvalue weighted by Crippen LogP contribution is 2.18. The Labute approximate surface area is 117 Å². The molecule has 1 atom stereocenters. The number of rotatable bonds is 3. The first-order valence-electron chi connectivity index (χ1n) is 6.72. The van der Waals surface area contributed by atoms with Gasteiger partial charge in [-0.2, -0.15) is 0 Å². The molecule has 1 unspecified atom stereocenters. The van der Waals surface area contributed by atoms with Crippen LogP contribution in [0.1, 0.15) is 5.82 Å². The maximum Gasteiger partial charge on any atom is 0.145 e. The Morgan fingerprint density at radius 2 is 2.20 bits per heavy atom. The molecule has 0 aliphatic carbocycles. The predicted molar refractivity (Wildman–Crippen MR) is 76.1 cm³/mol. The molecule has 0 bridgehead atoms. The van der Waals surface area contributed by atoms with Crippen molar-refractivity contribution in [3.63, 3.8) is 0 Å². The van der Waals surface area contributed by atoms with Gasteiger partial charge in [0.1, 0.15) is 11.6 Å². The van der Waals surface area contributed by atoms with E-state index in [1.165, 1.54) is 0 Å². The van der Waals surface area contributed by atoms with Crippen LogP contribution in [0.4, 0.5) is 5.82 Å². The van der Waals surface area contributed by atoms with Gasteiger partial charge in [-0.15, -0.1) is 0 Å². The number of para-hydroxylation sites is 1. The Hall–Kier alpha value is -1.76. The molecule has 0 radical (unpaired) electrons. The maximum atomic E-state index is 9.16. The predicted octanol–water partition coefficient (Wildman–Crippen LogP) is 0.405. The summed E-state index contributed by atoms with van der Waals surface area (Å²) in [5.41, 5.74) is 6.84. The van der Waals surface area contributed by atoms with Gasteiger partial charge in [0, 0.05) is 18.5 Å². The average Bonchev–Trinajstić information content (AvgIpc) is 2.47. The lowest BCUT2D eigenvalue weighted by Crippen LogP contribution is -2.43. The lowest BCUT2D eigenvalue weighted by molar-refractivity contribution is -0.0556. The maximum absolute atomic E-state index is 9.16. The molecule has 3 rings (SSSR count). The zero-order valence-corrected chi connectivity index (χ0v) is 11.2. The molecule has 1 aromatic carbocycles. The summed E-state index contributed by atoms with van der Waals surface area (Å²) in [5.74, 6) is 1.22. The number of ether oxygens (including phenoxy) is 1. The van der Waals surface area contributed by atoms with E-state index in [0.29, 0.717) is 31.3 Å². The summed E-state index contributed by atoms with van der Waals surface area (Å²) in [4.78, 5) is 11.1. The average molecular weight is 274 g/mol. The molecule has 1 aromatic heterocycles. The molecule has 0 saturated carbocycles. The largest absolute Gasteiger partial charge is 0.394 e. The lowest BCUT2D eigenvalue weighted by atomic mass is 10.2. The van der Waals surface area contributed by atoms with Crippen molar-refractivity contribution in [3.05, 3.63) is 30.1 Å². The second-order valence-corrected chi connectivity index (χ2v) is 4.95. The van der Waals surface area contributed by atoms with E-state index in [0.717, 1.165) is 17.4 Å². The van der Waals surface area contributed by atoms with Crippen molar-refractivity contribution in [1.82, 2.24) is 14.9 Å². The molecule has 1 fully saturated rings. The number of benzene rings is 1. The second kappa shape index (κ2) is 5.70. The number of fused-ring (bicyclic) bond motifs is 1. The molecule has 1 saturated heterocycles. The van der Waals surface area contributed by atoms with Gasteiger partial charge in [0.15, 0.2) is 0 Å². The number of hydrogen-bond donors (Lipinski definition) is 2. The van der Waals surface area contributed by atoms with Gasteiger partial charge in [-0.1, -0.05) is 12.1 Å². The van der Waals surface area contributed by atoms with Crippen LogP contribution in [-0.2, 0) is 11.3 Å². The number of aliphatic hydroxyl groups excluding tert-OH is 1. The van der Waals surface area contributed by atoms with E-state index in [1.807, 2.05) is 24.3 Å². The summed E-state index contributed by atoms with van der Waals surface area (Å²) in [5, 5.41) is 10.0. The molecule has 1 aliphatic heterocycles. The lowest BCUT2D eigenvalue weighted by Gasteiger charge is -2.31. The van der Waals surface area contributed by atoms with Crippen molar-refractivity contribution in [2.45, 2.75) is 12.6 Å². The van der Waals surface area contributed by atoms with Gasteiger partial charge >= 0.3 is 0 Å². The summed E-state index contributed by atoms with van der Waals surface area (Å²) in [6, 6.07) is 7.72. The topological polar surface area (TPSA) is 84.5 Å². The van der Waals surface area contributed by atoms with E-state index in [1.54, 1.807) is 0 Å². The SMILES string of the molecule is Nc1nc(CN2CCOC(CO)C2)nc2ccccc12. The number of nitrogens with two attached hydrogens (primary N) is 1. The third-order valence-corrected chi connectivity index (χ3v) is 3.47. The van der Waals surface area contributed by atoms with E-state index < -0.39 is 0 Å². The van der Waals surface area contributed by atoms with E-state index in [-0.39, 0.29) is 12.7 Å². The number of nitrogens with zero attached hydrogens (tertiary/aromatic N) is 3. The summed E-state index contributed by atoms with van der Waals surface area (Å²) >= 11 is 0. The number of aromatic nitrogens is 2. The third kappa shape index (κ3) is 2.72. The van der Waals surface area contributed by atoms with Crippen LogP contribution < -0.4 is 5.73 Å². The number of aliphatic hydroxyl groups is 1. The number of morpholine rings is 1. The first kappa shape index (κ1) is 13.2. The van der Waals surface area contributed by atoms with E-state index >= 15 is 0 Å². The molecular formula is C14H18N4O2. The van der Waals surface area contributed by atoms with Gasteiger partial charge in [0.25, 0.3) is 0 Å². The molecule has 6 nitrogen and oxygen atoms in total. The van der Waals surface area contributed by atoms with Crippen LogP contribution in [0.2, 0.25) is 0 Å². The van der Waals surface area contributed by atoms with Crippen LogP contribution in [0.3, 0.4) is 0 Å². The van der Waals surface area contributed by atoms with Gasteiger partial charge in [0.05, 0.1) is 31.4 Å². The van der Waals surface area contributed by atoms with E-state index in [4.69, 9.17) is 15.6 Å². The number of hydrogen-bond acceptors (Lipinski definition) is 6. The Morgan fingerprint density at radius 1 is 1.35 bits per heavy atom. The third-order valence-electron chi connectivity index (χ3n) is 3.47. The van der Waals surface area contributed by atoms with E-state index in [2.05, 4.69) is 14.9 Å². The molecule has 0 spiro atoms. The van der Waals surface area contributed by atoms with Crippen LogP contribution in [-0.4, -0.2) is 52.4 Å². The number of anilines is 1. The second-order valence-electron chi connectivity index (χ2n) is 4.95. The first-order valence-corrected chi connectivity index (χ1v) is 6.72. The zero-order valence-electron chi connectivity index (χ0n) is 11.2.